The first-order valence-corrected chi connectivity index (χ1v) is 7.07. The summed E-state index contributed by atoms with van der Waals surface area (Å²) >= 11 is 6.21. The first-order chi connectivity index (χ1) is 8.52. The van der Waals surface area contributed by atoms with E-state index in [-0.39, 0.29) is 6.04 Å². The van der Waals surface area contributed by atoms with Crippen LogP contribution in [0.4, 0.5) is 0 Å². The molecule has 0 saturated heterocycles. The van der Waals surface area contributed by atoms with Crippen LogP contribution in [0.2, 0.25) is 5.02 Å². The Hall–Kier alpha value is -0.730. The highest BCUT2D eigenvalue weighted by Crippen LogP contribution is 2.26. The summed E-state index contributed by atoms with van der Waals surface area (Å²) in [6.07, 6.45) is 2.88. The lowest BCUT2D eigenvalue weighted by molar-refractivity contribution is 0.289. The molecule has 102 valence electrons. The molecule has 0 aliphatic heterocycles. The summed E-state index contributed by atoms with van der Waals surface area (Å²) in [6.45, 7) is 7.17. The Morgan fingerprint density at radius 3 is 2.61 bits per heavy atom. The van der Waals surface area contributed by atoms with Crippen LogP contribution in [0.3, 0.4) is 0 Å². The van der Waals surface area contributed by atoms with E-state index in [0.717, 1.165) is 25.0 Å². The van der Waals surface area contributed by atoms with Crippen molar-refractivity contribution in [3.05, 3.63) is 28.8 Å². The van der Waals surface area contributed by atoms with E-state index < -0.39 is 0 Å². The second kappa shape index (κ2) is 7.65. The number of nitrogens with two attached hydrogens (primary N) is 1. The van der Waals surface area contributed by atoms with Gasteiger partial charge in [-0.25, -0.2) is 0 Å². The molecule has 0 radical (unpaired) electrons. The van der Waals surface area contributed by atoms with Gasteiger partial charge < -0.3 is 10.5 Å². The maximum atomic E-state index is 6.21. The van der Waals surface area contributed by atoms with Gasteiger partial charge >= 0.3 is 0 Å². The fraction of sp³-hybridized carbons (Fsp3) is 0.600. The van der Waals surface area contributed by atoms with Crippen LogP contribution in [0, 0.1) is 5.92 Å². The number of hydrogen-bond donors (Lipinski definition) is 1. The van der Waals surface area contributed by atoms with Crippen LogP contribution in [0.25, 0.3) is 0 Å². The minimum Gasteiger partial charge on any atom is -0.492 e. The Kier molecular flexibility index (Phi) is 6.51. The summed E-state index contributed by atoms with van der Waals surface area (Å²) in [4.78, 5) is 0. The molecule has 1 unspecified atom stereocenters. The third-order valence-electron chi connectivity index (χ3n) is 2.97. The summed E-state index contributed by atoms with van der Waals surface area (Å²) in [7, 11) is 0. The normalized spacial score (nSPS) is 12.8. The smallest absolute Gasteiger partial charge is 0.137 e. The lowest BCUT2D eigenvalue weighted by atomic mass is 10.0. The van der Waals surface area contributed by atoms with Gasteiger partial charge in [0.1, 0.15) is 5.75 Å². The molecule has 2 nitrogen and oxygen atoms in total. The molecule has 3 heteroatoms. The Bertz CT molecular complexity index is 366. The highest BCUT2D eigenvalue weighted by Gasteiger charge is 2.06. The zero-order chi connectivity index (χ0) is 13.5. The van der Waals surface area contributed by atoms with Crippen LogP contribution < -0.4 is 10.5 Å². The fourth-order valence-electron chi connectivity index (χ4n) is 1.64. The van der Waals surface area contributed by atoms with Gasteiger partial charge in [0.25, 0.3) is 0 Å². The number of benzene rings is 1. The molecule has 0 aliphatic carbocycles. The van der Waals surface area contributed by atoms with E-state index in [4.69, 9.17) is 22.1 Å². The van der Waals surface area contributed by atoms with Crippen molar-refractivity contribution in [2.75, 3.05) is 6.61 Å². The molecule has 0 amide bonds. The number of rotatable bonds is 7. The maximum absolute atomic E-state index is 6.21. The van der Waals surface area contributed by atoms with Gasteiger partial charge in [-0.3, -0.25) is 0 Å². The van der Waals surface area contributed by atoms with Crippen molar-refractivity contribution < 1.29 is 4.74 Å². The molecule has 0 heterocycles. The van der Waals surface area contributed by atoms with Crippen molar-refractivity contribution in [1.29, 1.82) is 0 Å². The van der Waals surface area contributed by atoms with Crippen molar-refractivity contribution in [3.63, 3.8) is 0 Å². The maximum Gasteiger partial charge on any atom is 0.137 e. The number of ether oxygens (including phenoxy) is 1. The topological polar surface area (TPSA) is 35.2 Å². The van der Waals surface area contributed by atoms with E-state index in [1.807, 2.05) is 18.2 Å². The van der Waals surface area contributed by atoms with Crippen molar-refractivity contribution in [3.8, 4) is 5.75 Å². The van der Waals surface area contributed by atoms with Crippen LogP contribution in [-0.2, 0) is 6.42 Å². The van der Waals surface area contributed by atoms with E-state index in [1.54, 1.807) is 0 Å². The summed E-state index contributed by atoms with van der Waals surface area (Å²) < 4.78 is 5.67. The second-order valence-corrected chi connectivity index (χ2v) is 5.58. The molecule has 0 aromatic heterocycles. The zero-order valence-electron chi connectivity index (χ0n) is 11.6. The van der Waals surface area contributed by atoms with Crippen LogP contribution in [0.5, 0.6) is 5.75 Å². The average molecular weight is 270 g/mol. The highest BCUT2D eigenvalue weighted by atomic mass is 35.5. The third kappa shape index (κ3) is 5.28. The van der Waals surface area contributed by atoms with Crippen molar-refractivity contribution in [1.82, 2.24) is 0 Å². The quantitative estimate of drug-likeness (QED) is 0.811. The van der Waals surface area contributed by atoms with Crippen molar-refractivity contribution in [2.45, 2.75) is 46.1 Å². The van der Waals surface area contributed by atoms with Gasteiger partial charge in [-0.2, -0.15) is 0 Å². The predicted molar refractivity (Wildman–Crippen MR) is 78.4 cm³/mol. The number of hydrogen-bond acceptors (Lipinski definition) is 2. The van der Waals surface area contributed by atoms with Crippen molar-refractivity contribution in [2.24, 2.45) is 11.7 Å². The second-order valence-electron chi connectivity index (χ2n) is 5.17. The molecule has 1 aromatic carbocycles. The van der Waals surface area contributed by atoms with Gasteiger partial charge in [0, 0.05) is 6.04 Å². The SMILES string of the molecule is CCC(N)Cc1ccc(OCCC(C)C)c(Cl)c1. The van der Waals surface area contributed by atoms with Crippen LogP contribution in [0.15, 0.2) is 18.2 Å². The molecule has 0 spiro atoms. The Morgan fingerprint density at radius 2 is 2.06 bits per heavy atom. The van der Waals surface area contributed by atoms with Gasteiger partial charge in [0.2, 0.25) is 0 Å². The molecular weight excluding hydrogens is 246 g/mol. The lowest BCUT2D eigenvalue weighted by Gasteiger charge is -2.12. The van der Waals surface area contributed by atoms with E-state index in [1.165, 1.54) is 5.56 Å². The molecule has 2 N–H and O–H groups in total. The predicted octanol–water partition coefficient (Wildman–Crippen LogP) is 4.04. The van der Waals surface area contributed by atoms with E-state index >= 15 is 0 Å². The molecular formula is C15H24ClNO. The van der Waals surface area contributed by atoms with E-state index in [2.05, 4.69) is 20.8 Å². The molecule has 0 bridgehead atoms. The molecule has 0 fully saturated rings. The lowest BCUT2D eigenvalue weighted by Crippen LogP contribution is -2.21. The highest BCUT2D eigenvalue weighted by molar-refractivity contribution is 6.32. The fourth-order valence-corrected chi connectivity index (χ4v) is 1.90. The molecule has 0 aliphatic rings. The standard InChI is InChI=1S/C15H24ClNO/c1-4-13(17)9-12-5-6-15(14(16)10-12)18-8-7-11(2)3/h5-6,10-11,13H,4,7-9,17H2,1-3H3. The van der Waals surface area contributed by atoms with Crippen LogP contribution >= 0.6 is 11.6 Å². The third-order valence-corrected chi connectivity index (χ3v) is 3.27. The Balaban J connectivity index is 2.56. The van der Waals surface area contributed by atoms with E-state index in [0.29, 0.717) is 17.5 Å². The molecule has 1 aromatic rings. The summed E-state index contributed by atoms with van der Waals surface area (Å²) in [5.74, 6) is 1.41. The van der Waals surface area contributed by atoms with Crippen LogP contribution in [0.1, 0.15) is 39.2 Å². The molecule has 0 saturated carbocycles. The molecule has 1 atom stereocenters. The van der Waals surface area contributed by atoms with Crippen molar-refractivity contribution >= 4 is 11.6 Å². The Morgan fingerprint density at radius 1 is 1.33 bits per heavy atom. The average Bonchev–Trinajstić information content (AvgIpc) is 2.31. The van der Waals surface area contributed by atoms with Gasteiger partial charge in [0.15, 0.2) is 0 Å². The minimum atomic E-state index is 0.203. The van der Waals surface area contributed by atoms with Gasteiger partial charge in [-0.15, -0.1) is 0 Å². The summed E-state index contributed by atoms with van der Waals surface area (Å²) in [5.41, 5.74) is 7.10. The van der Waals surface area contributed by atoms with Gasteiger partial charge in [-0.1, -0.05) is 38.4 Å². The first-order valence-electron chi connectivity index (χ1n) is 6.69. The summed E-state index contributed by atoms with van der Waals surface area (Å²) in [5, 5.41) is 0.680. The van der Waals surface area contributed by atoms with Crippen LogP contribution in [-0.4, -0.2) is 12.6 Å². The van der Waals surface area contributed by atoms with E-state index in [9.17, 15) is 0 Å². The van der Waals surface area contributed by atoms with Gasteiger partial charge in [0.05, 0.1) is 11.6 Å². The molecule has 18 heavy (non-hydrogen) atoms. The van der Waals surface area contributed by atoms with Gasteiger partial charge in [-0.05, 0) is 42.9 Å². The zero-order valence-corrected chi connectivity index (χ0v) is 12.3. The first kappa shape index (κ1) is 15.3. The minimum absolute atomic E-state index is 0.203. The molecule has 1 rings (SSSR count). The summed E-state index contributed by atoms with van der Waals surface area (Å²) in [6, 6.07) is 6.16. The Labute approximate surface area is 115 Å². The number of halogens is 1. The monoisotopic (exact) mass is 269 g/mol. The largest absolute Gasteiger partial charge is 0.492 e.